The molecule has 1 aliphatic heterocycles. The summed E-state index contributed by atoms with van der Waals surface area (Å²) in [4.78, 5) is 12.5. The molecule has 2 aliphatic rings. The monoisotopic (exact) mass is 370 g/mol. The Morgan fingerprint density at radius 1 is 1.38 bits per heavy atom. The largest absolute Gasteiger partial charge is 0.483 e. The number of nitrogens with zero attached hydrogens (tertiary/aromatic N) is 2. The van der Waals surface area contributed by atoms with Gasteiger partial charge in [-0.05, 0) is 37.3 Å². The van der Waals surface area contributed by atoms with E-state index >= 15 is 0 Å². The van der Waals surface area contributed by atoms with E-state index in [0.717, 1.165) is 5.56 Å². The van der Waals surface area contributed by atoms with Gasteiger partial charge in [0, 0.05) is 5.71 Å². The number of para-hydroxylation sites is 1. The maximum Gasteiger partial charge on any atom is 0.439 e. The van der Waals surface area contributed by atoms with Crippen LogP contribution in [-0.2, 0) is 4.79 Å². The van der Waals surface area contributed by atoms with Crippen LogP contribution in [0.3, 0.4) is 0 Å². The zero-order chi connectivity index (χ0) is 19.1. The standard InChI is InChI=1S/C18H21F3N2O3/c1-11-6-3-4-9-14(11)26-10-15(24)23-17(25,18(19,20)21)13-8-5-7-12(2)16(13)22-23/h3-4,6,9,12-13,25H,5,7-8,10H2,1-2H3/t12-,13+,17-/m1/s1. The molecule has 1 aromatic carbocycles. The number of halogens is 3. The molecule has 1 N–H and O–H groups in total. The van der Waals surface area contributed by atoms with E-state index in [0.29, 0.717) is 18.6 Å². The van der Waals surface area contributed by atoms with Gasteiger partial charge in [-0.2, -0.15) is 23.3 Å². The number of aliphatic hydroxyl groups is 1. The van der Waals surface area contributed by atoms with Crippen LogP contribution in [0.15, 0.2) is 29.4 Å². The molecule has 26 heavy (non-hydrogen) atoms. The zero-order valence-electron chi connectivity index (χ0n) is 14.6. The first-order chi connectivity index (χ1) is 12.2. The molecule has 142 valence electrons. The van der Waals surface area contributed by atoms with Gasteiger partial charge in [-0.1, -0.05) is 31.5 Å². The molecule has 1 heterocycles. The lowest BCUT2D eigenvalue weighted by Gasteiger charge is -2.38. The highest BCUT2D eigenvalue weighted by molar-refractivity contribution is 5.95. The van der Waals surface area contributed by atoms with Crippen molar-refractivity contribution in [1.82, 2.24) is 5.01 Å². The minimum Gasteiger partial charge on any atom is -0.483 e. The summed E-state index contributed by atoms with van der Waals surface area (Å²) in [6, 6.07) is 6.87. The van der Waals surface area contributed by atoms with Crippen molar-refractivity contribution in [3.05, 3.63) is 29.8 Å². The quantitative estimate of drug-likeness (QED) is 0.888. The van der Waals surface area contributed by atoms with Gasteiger partial charge in [0.15, 0.2) is 6.61 Å². The van der Waals surface area contributed by atoms with Crippen LogP contribution in [-0.4, -0.2) is 40.2 Å². The van der Waals surface area contributed by atoms with E-state index in [9.17, 15) is 23.1 Å². The fraction of sp³-hybridized carbons (Fsp3) is 0.556. The van der Waals surface area contributed by atoms with E-state index in [1.165, 1.54) is 0 Å². The number of hydrazone groups is 1. The number of ether oxygens (including phenoxy) is 1. The number of amides is 1. The van der Waals surface area contributed by atoms with Gasteiger partial charge < -0.3 is 9.84 Å². The van der Waals surface area contributed by atoms with Crippen molar-refractivity contribution in [3.8, 4) is 5.75 Å². The van der Waals surface area contributed by atoms with Crippen LogP contribution in [0, 0.1) is 18.8 Å². The van der Waals surface area contributed by atoms with Crippen LogP contribution in [0.2, 0.25) is 0 Å². The second-order valence-electron chi connectivity index (χ2n) is 6.89. The van der Waals surface area contributed by atoms with Crippen molar-refractivity contribution in [2.75, 3.05) is 6.61 Å². The Morgan fingerprint density at radius 3 is 2.73 bits per heavy atom. The number of fused-ring (bicyclic) bond motifs is 1. The minimum absolute atomic E-state index is 0.140. The van der Waals surface area contributed by atoms with E-state index in [1.54, 1.807) is 38.1 Å². The van der Waals surface area contributed by atoms with Crippen LogP contribution >= 0.6 is 0 Å². The fourth-order valence-electron chi connectivity index (χ4n) is 3.66. The molecule has 0 unspecified atom stereocenters. The zero-order valence-corrected chi connectivity index (χ0v) is 14.6. The van der Waals surface area contributed by atoms with Gasteiger partial charge in [-0.3, -0.25) is 4.79 Å². The third kappa shape index (κ3) is 2.96. The van der Waals surface area contributed by atoms with Crippen molar-refractivity contribution >= 4 is 11.6 Å². The number of rotatable bonds is 3. The number of carbonyl (C=O) groups excluding carboxylic acids is 1. The lowest BCUT2D eigenvalue weighted by Crippen LogP contribution is -2.62. The molecule has 0 spiro atoms. The van der Waals surface area contributed by atoms with Gasteiger partial charge in [0.1, 0.15) is 5.75 Å². The smallest absolute Gasteiger partial charge is 0.439 e. The predicted molar refractivity (Wildman–Crippen MR) is 88.5 cm³/mol. The first-order valence-electron chi connectivity index (χ1n) is 8.55. The van der Waals surface area contributed by atoms with E-state index in [2.05, 4.69) is 5.10 Å². The molecular weight excluding hydrogens is 349 g/mol. The highest BCUT2D eigenvalue weighted by atomic mass is 19.4. The Bertz CT molecular complexity index is 735. The predicted octanol–water partition coefficient (Wildman–Crippen LogP) is 3.26. The first kappa shape index (κ1) is 18.7. The Labute approximate surface area is 149 Å². The summed E-state index contributed by atoms with van der Waals surface area (Å²) in [7, 11) is 0. The maximum absolute atomic E-state index is 13.7. The number of hydrogen-bond donors (Lipinski definition) is 1. The van der Waals surface area contributed by atoms with Crippen LogP contribution < -0.4 is 4.74 Å². The van der Waals surface area contributed by atoms with Gasteiger partial charge in [0.05, 0.1) is 5.92 Å². The molecule has 5 nitrogen and oxygen atoms in total. The molecule has 0 bridgehead atoms. The molecular formula is C18H21F3N2O3. The van der Waals surface area contributed by atoms with Gasteiger partial charge in [0.2, 0.25) is 0 Å². The van der Waals surface area contributed by atoms with Crippen LogP contribution in [0.25, 0.3) is 0 Å². The SMILES string of the molecule is Cc1ccccc1OCC(=O)N1N=C2[C@H](C)CCC[C@@H]2[C@@]1(O)C(F)(F)F. The minimum atomic E-state index is -5.02. The highest BCUT2D eigenvalue weighted by Crippen LogP contribution is 2.49. The molecule has 0 saturated heterocycles. The number of alkyl halides is 3. The van der Waals surface area contributed by atoms with Gasteiger partial charge >= 0.3 is 6.18 Å². The average molecular weight is 370 g/mol. The molecule has 3 rings (SSSR count). The highest BCUT2D eigenvalue weighted by Gasteiger charge is 2.69. The Hall–Kier alpha value is -2.09. The summed E-state index contributed by atoms with van der Waals surface area (Å²) in [5.74, 6) is -2.07. The van der Waals surface area contributed by atoms with Crippen molar-refractivity contribution in [1.29, 1.82) is 0 Å². The van der Waals surface area contributed by atoms with Gasteiger partial charge in [0.25, 0.3) is 11.6 Å². The molecule has 1 amide bonds. The second-order valence-corrected chi connectivity index (χ2v) is 6.89. The average Bonchev–Trinajstić information content (AvgIpc) is 2.90. The molecule has 3 atom stereocenters. The van der Waals surface area contributed by atoms with Crippen LogP contribution in [0.1, 0.15) is 31.7 Å². The lowest BCUT2D eigenvalue weighted by atomic mass is 9.75. The summed E-state index contributed by atoms with van der Waals surface area (Å²) in [6.45, 7) is 2.89. The van der Waals surface area contributed by atoms with E-state index in [-0.39, 0.29) is 23.1 Å². The summed E-state index contributed by atoms with van der Waals surface area (Å²) < 4.78 is 46.5. The summed E-state index contributed by atoms with van der Waals surface area (Å²) >= 11 is 0. The summed E-state index contributed by atoms with van der Waals surface area (Å²) in [5, 5.41) is 14.6. The van der Waals surface area contributed by atoms with Gasteiger partial charge in [-0.15, -0.1) is 0 Å². The molecule has 8 heteroatoms. The fourth-order valence-corrected chi connectivity index (χ4v) is 3.66. The van der Waals surface area contributed by atoms with Crippen LogP contribution in [0.5, 0.6) is 5.75 Å². The molecule has 0 radical (unpaired) electrons. The topological polar surface area (TPSA) is 62.1 Å². The second kappa shape index (κ2) is 6.57. The van der Waals surface area contributed by atoms with Crippen molar-refractivity contribution in [2.24, 2.45) is 16.9 Å². The Balaban J connectivity index is 1.86. The van der Waals surface area contributed by atoms with Gasteiger partial charge in [-0.25, -0.2) is 0 Å². The number of aryl methyl sites for hydroxylation is 1. The third-order valence-electron chi connectivity index (χ3n) is 5.11. The Morgan fingerprint density at radius 2 is 2.08 bits per heavy atom. The molecule has 1 fully saturated rings. The van der Waals surface area contributed by atoms with E-state index < -0.39 is 30.3 Å². The molecule has 0 aromatic heterocycles. The number of carbonyl (C=O) groups is 1. The number of benzene rings is 1. The van der Waals surface area contributed by atoms with Crippen LogP contribution in [0.4, 0.5) is 13.2 Å². The number of hydrogen-bond acceptors (Lipinski definition) is 4. The third-order valence-corrected chi connectivity index (χ3v) is 5.11. The first-order valence-corrected chi connectivity index (χ1v) is 8.55. The van der Waals surface area contributed by atoms with Crippen molar-refractivity contribution in [2.45, 2.75) is 45.0 Å². The normalized spacial score (nSPS) is 28.5. The maximum atomic E-state index is 13.7. The molecule has 1 saturated carbocycles. The molecule has 1 aromatic rings. The van der Waals surface area contributed by atoms with Crippen molar-refractivity contribution < 1.29 is 27.8 Å². The van der Waals surface area contributed by atoms with Crippen molar-refractivity contribution in [3.63, 3.8) is 0 Å². The summed E-state index contributed by atoms with van der Waals surface area (Å²) in [5.41, 5.74) is -2.33. The Kier molecular flexibility index (Phi) is 4.72. The molecule has 1 aliphatic carbocycles. The van der Waals surface area contributed by atoms with E-state index in [4.69, 9.17) is 4.74 Å². The lowest BCUT2D eigenvalue weighted by molar-refractivity contribution is -0.317. The van der Waals surface area contributed by atoms with E-state index in [1.807, 2.05) is 0 Å². The summed E-state index contributed by atoms with van der Waals surface area (Å²) in [6.07, 6.45) is -3.64.